The molecule has 0 aliphatic rings. The van der Waals surface area contributed by atoms with Crippen molar-refractivity contribution >= 4 is 5.69 Å². The Hall–Kier alpha value is -2.54. The van der Waals surface area contributed by atoms with Crippen LogP contribution in [0.5, 0.6) is 5.75 Å². The van der Waals surface area contributed by atoms with Gasteiger partial charge in [0.25, 0.3) is 0 Å². The molecule has 0 fully saturated rings. The van der Waals surface area contributed by atoms with E-state index in [0.717, 1.165) is 11.3 Å². The van der Waals surface area contributed by atoms with Crippen LogP contribution < -0.4 is 10.1 Å². The lowest BCUT2D eigenvalue weighted by Crippen LogP contribution is -2.02. The third-order valence-electron chi connectivity index (χ3n) is 3.04. The van der Waals surface area contributed by atoms with Gasteiger partial charge in [-0.15, -0.1) is 0 Å². The normalized spacial score (nSPS) is 9.90. The van der Waals surface area contributed by atoms with E-state index in [1.54, 1.807) is 44.4 Å². The summed E-state index contributed by atoms with van der Waals surface area (Å²) < 4.78 is 18.4. The Bertz CT molecular complexity index is 662. The van der Waals surface area contributed by atoms with E-state index >= 15 is 0 Å². The van der Waals surface area contributed by atoms with Crippen molar-refractivity contribution in [2.24, 2.45) is 0 Å². The number of aryl methyl sites for hydroxylation is 1. The highest BCUT2D eigenvalue weighted by molar-refractivity contribution is 5.59. The fourth-order valence-corrected chi connectivity index (χ4v) is 1.92. The fraction of sp³-hybridized carbons (Fsp3) is 0.188. The number of nitrogens with zero attached hydrogens (tertiary/aromatic N) is 1. The lowest BCUT2D eigenvalue weighted by atomic mass is 10.1. The molecule has 4 heteroatoms. The zero-order valence-electron chi connectivity index (χ0n) is 11.4. The summed E-state index contributed by atoms with van der Waals surface area (Å²) in [7, 11) is 1.56. The van der Waals surface area contributed by atoms with Crippen molar-refractivity contribution < 1.29 is 9.13 Å². The average Bonchev–Trinajstić information content (AvgIpc) is 2.48. The molecule has 0 bridgehead atoms. The number of nitrogens with one attached hydrogen (secondary N) is 1. The maximum atomic E-state index is 13.2. The number of anilines is 1. The standard InChI is InChI=1S/C16H15FN2O/c1-11-7-13(3-5-14(11)17)10-19-15-6-4-12(9-18)8-16(15)20-2/h3-8,19H,10H2,1-2H3. The van der Waals surface area contributed by atoms with Crippen LogP contribution in [0.2, 0.25) is 0 Å². The summed E-state index contributed by atoms with van der Waals surface area (Å²) in [5, 5.41) is 12.1. The molecule has 0 aliphatic heterocycles. The fourth-order valence-electron chi connectivity index (χ4n) is 1.92. The van der Waals surface area contributed by atoms with Crippen LogP contribution in [0.4, 0.5) is 10.1 Å². The second kappa shape index (κ2) is 6.07. The highest BCUT2D eigenvalue weighted by Crippen LogP contribution is 2.26. The van der Waals surface area contributed by atoms with Gasteiger partial charge in [0.05, 0.1) is 24.4 Å². The summed E-state index contributed by atoms with van der Waals surface area (Å²) in [6.45, 7) is 2.30. The summed E-state index contributed by atoms with van der Waals surface area (Å²) in [5.74, 6) is 0.410. The van der Waals surface area contributed by atoms with Gasteiger partial charge in [0, 0.05) is 12.6 Å². The van der Waals surface area contributed by atoms with Gasteiger partial charge in [0.1, 0.15) is 11.6 Å². The molecule has 0 heterocycles. The molecule has 1 N–H and O–H groups in total. The van der Waals surface area contributed by atoms with Crippen molar-refractivity contribution in [1.82, 2.24) is 0 Å². The number of benzene rings is 2. The molecule has 0 unspecified atom stereocenters. The van der Waals surface area contributed by atoms with E-state index in [0.29, 0.717) is 23.4 Å². The van der Waals surface area contributed by atoms with Gasteiger partial charge in [-0.1, -0.05) is 12.1 Å². The van der Waals surface area contributed by atoms with Crippen LogP contribution in [0.1, 0.15) is 16.7 Å². The van der Waals surface area contributed by atoms with Crippen molar-refractivity contribution in [2.45, 2.75) is 13.5 Å². The molecule has 20 heavy (non-hydrogen) atoms. The summed E-state index contributed by atoms with van der Waals surface area (Å²) in [4.78, 5) is 0. The molecular formula is C16H15FN2O. The quantitative estimate of drug-likeness (QED) is 0.922. The molecular weight excluding hydrogens is 255 g/mol. The molecule has 0 aliphatic carbocycles. The first-order valence-electron chi connectivity index (χ1n) is 6.21. The Morgan fingerprint density at radius 3 is 2.70 bits per heavy atom. The van der Waals surface area contributed by atoms with E-state index in [2.05, 4.69) is 11.4 Å². The van der Waals surface area contributed by atoms with Crippen molar-refractivity contribution in [3.8, 4) is 11.8 Å². The number of hydrogen-bond acceptors (Lipinski definition) is 3. The number of hydrogen-bond donors (Lipinski definition) is 1. The maximum absolute atomic E-state index is 13.2. The first kappa shape index (κ1) is 13.9. The minimum absolute atomic E-state index is 0.204. The van der Waals surface area contributed by atoms with Gasteiger partial charge in [0.2, 0.25) is 0 Å². The van der Waals surface area contributed by atoms with Crippen molar-refractivity contribution in [3.05, 3.63) is 58.9 Å². The number of rotatable bonds is 4. The second-order valence-electron chi connectivity index (χ2n) is 4.46. The molecule has 3 nitrogen and oxygen atoms in total. The Morgan fingerprint density at radius 1 is 1.25 bits per heavy atom. The van der Waals surface area contributed by atoms with Gasteiger partial charge in [-0.25, -0.2) is 4.39 Å². The van der Waals surface area contributed by atoms with E-state index in [-0.39, 0.29) is 5.82 Å². The Morgan fingerprint density at radius 2 is 2.05 bits per heavy atom. The number of nitriles is 1. The summed E-state index contributed by atoms with van der Waals surface area (Å²) in [6, 6.07) is 12.3. The molecule has 0 atom stereocenters. The van der Waals surface area contributed by atoms with Gasteiger partial charge in [0.15, 0.2) is 0 Å². The number of ether oxygens (including phenoxy) is 1. The van der Waals surface area contributed by atoms with Gasteiger partial charge in [-0.05, 0) is 36.2 Å². The van der Waals surface area contributed by atoms with E-state index in [9.17, 15) is 4.39 Å². The molecule has 2 aromatic rings. The van der Waals surface area contributed by atoms with E-state index in [1.165, 1.54) is 6.07 Å². The molecule has 0 radical (unpaired) electrons. The first-order chi connectivity index (χ1) is 9.63. The summed E-state index contributed by atoms with van der Waals surface area (Å²) >= 11 is 0. The molecule has 2 rings (SSSR count). The van der Waals surface area contributed by atoms with Crippen molar-refractivity contribution in [1.29, 1.82) is 5.26 Å². The van der Waals surface area contributed by atoms with Crippen LogP contribution in [-0.2, 0) is 6.54 Å². The molecule has 0 saturated heterocycles. The lowest BCUT2D eigenvalue weighted by molar-refractivity contribution is 0.416. The van der Waals surface area contributed by atoms with Crippen LogP contribution in [0.15, 0.2) is 36.4 Å². The van der Waals surface area contributed by atoms with E-state index in [4.69, 9.17) is 10.00 Å². The Kier molecular flexibility index (Phi) is 4.21. The third-order valence-corrected chi connectivity index (χ3v) is 3.04. The molecule has 2 aromatic carbocycles. The molecule has 0 saturated carbocycles. The van der Waals surface area contributed by atoms with Gasteiger partial charge < -0.3 is 10.1 Å². The molecule has 0 aromatic heterocycles. The SMILES string of the molecule is COc1cc(C#N)ccc1NCc1ccc(F)c(C)c1. The van der Waals surface area contributed by atoms with Crippen LogP contribution in [0.3, 0.4) is 0 Å². The van der Waals surface area contributed by atoms with Crippen LogP contribution in [-0.4, -0.2) is 7.11 Å². The zero-order chi connectivity index (χ0) is 14.5. The topological polar surface area (TPSA) is 45.0 Å². The predicted octanol–water partition coefficient (Wildman–Crippen LogP) is 3.63. The second-order valence-corrected chi connectivity index (χ2v) is 4.46. The molecule has 0 amide bonds. The van der Waals surface area contributed by atoms with Crippen LogP contribution in [0, 0.1) is 24.1 Å². The average molecular weight is 270 g/mol. The maximum Gasteiger partial charge on any atom is 0.143 e. The Balaban J connectivity index is 2.14. The first-order valence-corrected chi connectivity index (χ1v) is 6.21. The number of methoxy groups -OCH3 is 1. The minimum atomic E-state index is -0.204. The summed E-state index contributed by atoms with van der Waals surface area (Å²) in [6.07, 6.45) is 0. The highest BCUT2D eigenvalue weighted by atomic mass is 19.1. The van der Waals surface area contributed by atoms with Gasteiger partial charge in [-0.2, -0.15) is 5.26 Å². The van der Waals surface area contributed by atoms with Gasteiger partial charge >= 0.3 is 0 Å². The Labute approximate surface area is 117 Å². The predicted molar refractivity (Wildman–Crippen MR) is 76.2 cm³/mol. The summed E-state index contributed by atoms with van der Waals surface area (Å²) in [5.41, 5.74) is 2.95. The van der Waals surface area contributed by atoms with Crippen molar-refractivity contribution in [3.63, 3.8) is 0 Å². The monoisotopic (exact) mass is 270 g/mol. The van der Waals surface area contributed by atoms with Crippen LogP contribution in [0.25, 0.3) is 0 Å². The molecule has 102 valence electrons. The number of halogens is 1. The molecule has 0 spiro atoms. The van der Waals surface area contributed by atoms with Gasteiger partial charge in [-0.3, -0.25) is 0 Å². The largest absolute Gasteiger partial charge is 0.495 e. The van der Waals surface area contributed by atoms with Crippen LogP contribution >= 0.6 is 0 Å². The van der Waals surface area contributed by atoms with E-state index in [1.807, 2.05) is 0 Å². The van der Waals surface area contributed by atoms with E-state index < -0.39 is 0 Å². The lowest BCUT2D eigenvalue weighted by Gasteiger charge is -2.12. The smallest absolute Gasteiger partial charge is 0.143 e. The highest BCUT2D eigenvalue weighted by Gasteiger charge is 2.05. The zero-order valence-corrected chi connectivity index (χ0v) is 11.4. The minimum Gasteiger partial charge on any atom is -0.495 e. The third kappa shape index (κ3) is 3.07. The van der Waals surface area contributed by atoms with Crippen molar-refractivity contribution in [2.75, 3.05) is 12.4 Å².